The van der Waals surface area contributed by atoms with E-state index < -0.39 is 0 Å². The zero-order valence-corrected chi connectivity index (χ0v) is 11.0. The summed E-state index contributed by atoms with van der Waals surface area (Å²) in [5.41, 5.74) is 3.60. The molecule has 1 unspecified atom stereocenters. The van der Waals surface area contributed by atoms with Gasteiger partial charge in [-0.05, 0) is 57.0 Å². The number of H-pyrrole nitrogens is 1. The molecule has 3 rings (SSSR count). The van der Waals surface area contributed by atoms with Crippen molar-refractivity contribution in [2.75, 3.05) is 6.54 Å². The molecule has 0 bridgehead atoms. The van der Waals surface area contributed by atoms with Gasteiger partial charge in [-0.15, -0.1) is 0 Å². The first-order chi connectivity index (χ1) is 8.08. The fraction of sp³-hybridized carbons (Fsp3) is 0.429. The van der Waals surface area contributed by atoms with Gasteiger partial charge in [0.05, 0.1) is 0 Å². The molecule has 1 aliphatic heterocycles. The predicted octanol–water partition coefficient (Wildman–Crippen LogP) is 3.73. The van der Waals surface area contributed by atoms with Crippen molar-refractivity contribution in [2.24, 2.45) is 0 Å². The molecule has 0 aliphatic carbocycles. The Morgan fingerprint density at radius 2 is 2.12 bits per heavy atom. The Labute approximate surface area is 106 Å². The van der Waals surface area contributed by atoms with Crippen LogP contribution in [0.4, 0.5) is 0 Å². The van der Waals surface area contributed by atoms with Gasteiger partial charge in [-0.3, -0.25) is 0 Å². The lowest BCUT2D eigenvalue weighted by atomic mass is 9.90. The van der Waals surface area contributed by atoms with Crippen LogP contribution >= 0.6 is 11.6 Å². The maximum Gasteiger partial charge on any atom is 0.0464 e. The van der Waals surface area contributed by atoms with Gasteiger partial charge in [0.15, 0.2) is 0 Å². The number of rotatable bonds is 1. The molecule has 1 atom stereocenters. The SMILES string of the molecule is Cc1cc2cc(Cl)c(C3(C)CCCN3)cc2[nH]1. The molecule has 0 saturated carbocycles. The number of fused-ring (bicyclic) bond motifs is 1. The Kier molecular flexibility index (Phi) is 2.46. The van der Waals surface area contributed by atoms with Crippen molar-refractivity contribution in [3.63, 3.8) is 0 Å². The lowest BCUT2D eigenvalue weighted by molar-refractivity contribution is 0.435. The average molecular weight is 249 g/mol. The van der Waals surface area contributed by atoms with E-state index in [0.29, 0.717) is 0 Å². The van der Waals surface area contributed by atoms with Gasteiger partial charge in [-0.25, -0.2) is 0 Å². The standard InChI is InChI=1S/C14H17ClN2/c1-9-6-10-7-12(15)11(8-13(10)17-9)14(2)4-3-5-16-14/h6-8,16-17H,3-5H2,1-2H3. The van der Waals surface area contributed by atoms with Crippen molar-refractivity contribution in [3.05, 3.63) is 34.5 Å². The van der Waals surface area contributed by atoms with E-state index in [1.807, 2.05) is 0 Å². The van der Waals surface area contributed by atoms with Gasteiger partial charge in [0.25, 0.3) is 0 Å². The highest BCUT2D eigenvalue weighted by Gasteiger charge is 2.32. The second kappa shape index (κ2) is 3.76. The van der Waals surface area contributed by atoms with E-state index in [0.717, 1.165) is 18.0 Å². The number of halogens is 1. The van der Waals surface area contributed by atoms with E-state index in [2.05, 4.69) is 42.3 Å². The Morgan fingerprint density at radius 1 is 1.29 bits per heavy atom. The Morgan fingerprint density at radius 3 is 2.82 bits per heavy atom. The van der Waals surface area contributed by atoms with E-state index >= 15 is 0 Å². The van der Waals surface area contributed by atoms with Crippen LogP contribution in [0.1, 0.15) is 31.0 Å². The Bertz CT molecular complexity index is 565. The van der Waals surface area contributed by atoms with Crippen LogP contribution in [0, 0.1) is 6.92 Å². The quantitative estimate of drug-likeness (QED) is 0.791. The van der Waals surface area contributed by atoms with Crippen LogP contribution in [0.25, 0.3) is 10.9 Å². The van der Waals surface area contributed by atoms with Gasteiger partial charge < -0.3 is 10.3 Å². The van der Waals surface area contributed by atoms with E-state index in [1.54, 1.807) is 0 Å². The third-order valence-corrected chi connectivity index (χ3v) is 4.12. The van der Waals surface area contributed by atoms with Gasteiger partial charge >= 0.3 is 0 Å². The van der Waals surface area contributed by atoms with E-state index in [1.165, 1.54) is 28.6 Å². The minimum atomic E-state index is 0.0320. The molecule has 2 aromatic rings. The molecule has 90 valence electrons. The van der Waals surface area contributed by atoms with Crippen LogP contribution in [-0.4, -0.2) is 11.5 Å². The lowest BCUT2D eigenvalue weighted by Crippen LogP contribution is -2.33. The summed E-state index contributed by atoms with van der Waals surface area (Å²) in [5, 5.41) is 5.62. The lowest BCUT2D eigenvalue weighted by Gasteiger charge is -2.26. The second-order valence-corrected chi connectivity index (χ2v) is 5.64. The molecule has 1 aliphatic rings. The van der Waals surface area contributed by atoms with Gasteiger partial charge in [-0.2, -0.15) is 0 Å². The molecule has 17 heavy (non-hydrogen) atoms. The first-order valence-electron chi connectivity index (χ1n) is 6.13. The smallest absolute Gasteiger partial charge is 0.0464 e. The van der Waals surface area contributed by atoms with Gasteiger partial charge in [0.1, 0.15) is 0 Å². The number of aromatic amines is 1. The number of hydrogen-bond acceptors (Lipinski definition) is 1. The predicted molar refractivity (Wildman–Crippen MR) is 72.6 cm³/mol. The first kappa shape index (κ1) is 11.1. The van der Waals surface area contributed by atoms with Gasteiger partial charge in [0.2, 0.25) is 0 Å². The number of aromatic nitrogens is 1. The van der Waals surface area contributed by atoms with Crippen LogP contribution < -0.4 is 5.32 Å². The zero-order chi connectivity index (χ0) is 12.0. The molecule has 0 amide bonds. The van der Waals surface area contributed by atoms with Crippen molar-refractivity contribution in [1.29, 1.82) is 0 Å². The van der Waals surface area contributed by atoms with Crippen LogP contribution in [-0.2, 0) is 5.54 Å². The van der Waals surface area contributed by atoms with E-state index in [9.17, 15) is 0 Å². The summed E-state index contributed by atoms with van der Waals surface area (Å²) in [6.07, 6.45) is 2.37. The summed E-state index contributed by atoms with van der Waals surface area (Å²) in [7, 11) is 0. The summed E-state index contributed by atoms with van der Waals surface area (Å²) in [5.74, 6) is 0. The first-order valence-corrected chi connectivity index (χ1v) is 6.51. The zero-order valence-electron chi connectivity index (χ0n) is 10.2. The minimum Gasteiger partial charge on any atom is -0.359 e. The minimum absolute atomic E-state index is 0.0320. The Balaban J connectivity index is 2.18. The molecular weight excluding hydrogens is 232 g/mol. The fourth-order valence-electron chi connectivity index (χ4n) is 2.85. The molecule has 2 heterocycles. The van der Waals surface area contributed by atoms with Gasteiger partial charge in [-0.1, -0.05) is 11.6 Å². The van der Waals surface area contributed by atoms with Crippen molar-refractivity contribution in [1.82, 2.24) is 10.3 Å². The van der Waals surface area contributed by atoms with Crippen molar-refractivity contribution >= 4 is 22.5 Å². The third kappa shape index (κ3) is 1.76. The molecule has 2 nitrogen and oxygen atoms in total. The van der Waals surface area contributed by atoms with E-state index in [-0.39, 0.29) is 5.54 Å². The highest BCUT2D eigenvalue weighted by molar-refractivity contribution is 6.32. The fourth-order valence-corrected chi connectivity index (χ4v) is 3.23. The topological polar surface area (TPSA) is 27.8 Å². The van der Waals surface area contributed by atoms with E-state index in [4.69, 9.17) is 11.6 Å². The summed E-state index contributed by atoms with van der Waals surface area (Å²) in [4.78, 5) is 3.38. The van der Waals surface area contributed by atoms with Crippen LogP contribution in [0.5, 0.6) is 0 Å². The highest BCUT2D eigenvalue weighted by atomic mass is 35.5. The van der Waals surface area contributed by atoms with Crippen LogP contribution in [0.2, 0.25) is 5.02 Å². The number of hydrogen-bond donors (Lipinski definition) is 2. The molecule has 2 N–H and O–H groups in total. The summed E-state index contributed by atoms with van der Waals surface area (Å²) < 4.78 is 0. The van der Waals surface area contributed by atoms with Crippen molar-refractivity contribution in [2.45, 2.75) is 32.2 Å². The van der Waals surface area contributed by atoms with Crippen LogP contribution in [0.3, 0.4) is 0 Å². The highest BCUT2D eigenvalue weighted by Crippen LogP contribution is 2.37. The number of aryl methyl sites for hydroxylation is 1. The third-order valence-electron chi connectivity index (χ3n) is 3.81. The maximum absolute atomic E-state index is 6.43. The monoisotopic (exact) mass is 248 g/mol. The molecular formula is C14H17ClN2. The summed E-state index contributed by atoms with van der Waals surface area (Å²) in [6, 6.07) is 6.40. The summed E-state index contributed by atoms with van der Waals surface area (Å²) in [6.45, 7) is 5.39. The van der Waals surface area contributed by atoms with Gasteiger partial charge in [0, 0.05) is 27.2 Å². The molecule has 3 heteroatoms. The maximum atomic E-state index is 6.43. The Hall–Kier alpha value is -0.990. The molecule has 1 saturated heterocycles. The van der Waals surface area contributed by atoms with Crippen molar-refractivity contribution in [3.8, 4) is 0 Å². The molecule has 0 radical (unpaired) electrons. The molecule has 1 aromatic heterocycles. The second-order valence-electron chi connectivity index (χ2n) is 5.23. The number of nitrogens with one attached hydrogen (secondary N) is 2. The largest absolute Gasteiger partial charge is 0.359 e. The summed E-state index contributed by atoms with van der Waals surface area (Å²) >= 11 is 6.43. The van der Waals surface area contributed by atoms with Crippen LogP contribution in [0.15, 0.2) is 18.2 Å². The normalized spacial score (nSPS) is 24.6. The average Bonchev–Trinajstić information content (AvgIpc) is 2.83. The van der Waals surface area contributed by atoms with Crippen molar-refractivity contribution < 1.29 is 0 Å². The number of benzene rings is 1. The molecule has 1 aromatic carbocycles. The molecule has 1 fully saturated rings. The molecule has 0 spiro atoms.